The van der Waals surface area contributed by atoms with Crippen LogP contribution in [0.25, 0.3) is 0 Å². The minimum atomic E-state index is -1.05. The maximum absolute atomic E-state index is 11.5. The first kappa shape index (κ1) is 15.9. The van der Waals surface area contributed by atoms with Crippen LogP contribution in [0.3, 0.4) is 0 Å². The van der Waals surface area contributed by atoms with Crippen molar-refractivity contribution in [1.82, 2.24) is 0 Å². The lowest BCUT2D eigenvalue weighted by atomic mass is 9.97. The summed E-state index contributed by atoms with van der Waals surface area (Å²) in [5.74, 6) is -3.37. The van der Waals surface area contributed by atoms with Gasteiger partial charge in [-0.2, -0.15) is 0 Å². The Kier molecular flexibility index (Phi) is 6.75. The Hall–Kier alpha value is -1.14. The summed E-state index contributed by atoms with van der Waals surface area (Å²) in [5, 5.41) is 0. The summed E-state index contributed by atoms with van der Waals surface area (Å²) < 4.78 is 19.6. The molecule has 0 aromatic carbocycles. The second-order valence-electron chi connectivity index (χ2n) is 3.48. The summed E-state index contributed by atoms with van der Waals surface area (Å²) in [6, 6.07) is 0. The number of esters is 2. The van der Waals surface area contributed by atoms with E-state index < -0.39 is 23.6 Å². The van der Waals surface area contributed by atoms with E-state index in [1.54, 1.807) is 0 Å². The van der Waals surface area contributed by atoms with Crippen LogP contribution < -0.4 is 0 Å². The molecule has 0 heterocycles. The second kappa shape index (κ2) is 7.24. The molecule has 0 aromatic heterocycles. The molecule has 0 bridgehead atoms. The van der Waals surface area contributed by atoms with Crippen LogP contribution in [0, 0.1) is 5.92 Å². The molecule has 0 saturated heterocycles. The van der Waals surface area contributed by atoms with Crippen molar-refractivity contribution in [3.63, 3.8) is 0 Å². The SMILES string of the molecule is CCC(CC(C(=O)OC)C(=O)OC)(OC)OC. The van der Waals surface area contributed by atoms with E-state index in [4.69, 9.17) is 9.47 Å². The Balaban J connectivity index is 4.95. The first-order valence-electron chi connectivity index (χ1n) is 5.26. The molecule has 0 aromatic rings. The summed E-state index contributed by atoms with van der Waals surface area (Å²) in [6.45, 7) is 1.83. The third-order valence-corrected chi connectivity index (χ3v) is 2.77. The number of carbonyl (C=O) groups excluding carboxylic acids is 2. The third-order valence-electron chi connectivity index (χ3n) is 2.77. The van der Waals surface area contributed by atoms with E-state index in [-0.39, 0.29) is 6.42 Å². The molecule has 0 N–H and O–H groups in total. The van der Waals surface area contributed by atoms with E-state index in [1.807, 2.05) is 6.92 Å². The molecule has 0 amide bonds. The molecule has 0 aliphatic carbocycles. The van der Waals surface area contributed by atoms with Gasteiger partial charge in [0.2, 0.25) is 0 Å². The van der Waals surface area contributed by atoms with Crippen molar-refractivity contribution in [3.8, 4) is 0 Å². The highest BCUT2D eigenvalue weighted by molar-refractivity contribution is 5.94. The number of methoxy groups -OCH3 is 4. The first-order chi connectivity index (χ1) is 8.00. The highest BCUT2D eigenvalue weighted by Gasteiger charge is 2.39. The number of hydrogen-bond donors (Lipinski definition) is 0. The average molecular weight is 248 g/mol. The Morgan fingerprint density at radius 2 is 1.41 bits per heavy atom. The molecule has 6 nitrogen and oxygen atoms in total. The number of hydrogen-bond acceptors (Lipinski definition) is 6. The molecule has 17 heavy (non-hydrogen) atoms. The Labute approximate surface area is 101 Å². The molecule has 0 fully saturated rings. The molecule has 0 aliphatic heterocycles. The molecule has 0 atom stereocenters. The normalized spacial score (nSPS) is 11.4. The summed E-state index contributed by atoms with van der Waals surface area (Å²) in [6.07, 6.45) is 0.542. The van der Waals surface area contributed by atoms with Gasteiger partial charge in [-0.25, -0.2) is 0 Å². The topological polar surface area (TPSA) is 71.1 Å². The molecular weight excluding hydrogens is 228 g/mol. The van der Waals surface area contributed by atoms with Crippen LogP contribution in [-0.2, 0) is 28.5 Å². The van der Waals surface area contributed by atoms with Crippen LogP contribution in [-0.4, -0.2) is 46.2 Å². The molecule has 0 aliphatic rings. The van der Waals surface area contributed by atoms with Gasteiger partial charge in [0.15, 0.2) is 11.7 Å². The van der Waals surface area contributed by atoms with Crippen LogP contribution in [0.2, 0.25) is 0 Å². The minimum absolute atomic E-state index is 0.0514. The summed E-state index contributed by atoms with van der Waals surface area (Å²) in [7, 11) is 5.34. The average Bonchev–Trinajstić information content (AvgIpc) is 2.39. The number of ether oxygens (including phenoxy) is 4. The van der Waals surface area contributed by atoms with E-state index in [0.29, 0.717) is 6.42 Å². The standard InChI is InChI=1S/C11H20O6/c1-6-11(16-4,17-5)7-8(9(12)14-2)10(13)15-3/h8H,6-7H2,1-5H3. The fraction of sp³-hybridized carbons (Fsp3) is 0.818. The predicted molar refractivity (Wildman–Crippen MR) is 59.2 cm³/mol. The van der Waals surface area contributed by atoms with Gasteiger partial charge in [-0.3, -0.25) is 9.59 Å². The number of rotatable bonds is 7. The van der Waals surface area contributed by atoms with Gasteiger partial charge in [-0.05, 0) is 6.42 Å². The predicted octanol–water partition coefficient (Wildman–Crippen LogP) is 0.738. The zero-order valence-corrected chi connectivity index (χ0v) is 10.9. The van der Waals surface area contributed by atoms with Crippen molar-refractivity contribution in [2.24, 2.45) is 5.92 Å². The van der Waals surface area contributed by atoms with Crippen molar-refractivity contribution in [2.75, 3.05) is 28.4 Å². The van der Waals surface area contributed by atoms with Gasteiger partial charge in [0.1, 0.15) is 0 Å². The minimum Gasteiger partial charge on any atom is -0.468 e. The maximum Gasteiger partial charge on any atom is 0.320 e. The lowest BCUT2D eigenvalue weighted by Gasteiger charge is -2.31. The van der Waals surface area contributed by atoms with Gasteiger partial charge in [-0.1, -0.05) is 6.92 Å². The smallest absolute Gasteiger partial charge is 0.320 e. The fourth-order valence-corrected chi connectivity index (χ4v) is 1.54. The van der Waals surface area contributed by atoms with Gasteiger partial charge < -0.3 is 18.9 Å². The highest BCUT2D eigenvalue weighted by Crippen LogP contribution is 2.26. The quantitative estimate of drug-likeness (QED) is 0.376. The number of carbonyl (C=O) groups is 2. The Bertz CT molecular complexity index is 234. The van der Waals surface area contributed by atoms with E-state index in [0.717, 1.165) is 0 Å². The van der Waals surface area contributed by atoms with Gasteiger partial charge >= 0.3 is 11.9 Å². The van der Waals surface area contributed by atoms with E-state index in [1.165, 1.54) is 28.4 Å². The second-order valence-corrected chi connectivity index (χ2v) is 3.48. The van der Waals surface area contributed by atoms with Crippen LogP contribution in [0.5, 0.6) is 0 Å². The lowest BCUT2D eigenvalue weighted by molar-refractivity contribution is -0.222. The van der Waals surface area contributed by atoms with Crippen molar-refractivity contribution < 1.29 is 28.5 Å². The summed E-state index contributed by atoms with van der Waals surface area (Å²) in [4.78, 5) is 23.0. The maximum atomic E-state index is 11.5. The van der Waals surface area contributed by atoms with Crippen molar-refractivity contribution in [2.45, 2.75) is 25.6 Å². The third kappa shape index (κ3) is 3.98. The molecule has 0 spiro atoms. The highest BCUT2D eigenvalue weighted by atomic mass is 16.7. The fourth-order valence-electron chi connectivity index (χ4n) is 1.54. The molecular formula is C11H20O6. The molecule has 0 rings (SSSR count). The van der Waals surface area contributed by atoms with Gasteiger partial charge in [-0.15, -0.1) is 0 Å². The zero-order valence-electron chi connectivity index (χ0n) is 10.9. The van der Waals surface area contributed by atoms with Crippen molar-refractivity contribution >= 4 is 11.9 Å². The van der Waals surface area contributed by atoms with Gasteiger partial charge in [0, 0.05) is 20.6 Å². The van der Waals surface area contributed by atoms with E-state index >= 15 is 0 Å². The van der Waals surface area contributed by atoms with Crippen LogP contribution >= 0.6 is 0 Å². The van der Waals surface area contributed by atoms with Crippen LogP contribution in [0.15, 0.2) is 0 Å². The summed E-state index contributed by atoms with van der Waals surface area (Å²) >= 11 is 0. The molecule has 100 valence electrons. The monoisotopic (exact) mass is 248 g/mol. The van der Waals surface area contributed by atoms with E-state index in [9.17, 15) is 9.59 Å². The van der Waals surface area contributed by atoms with E-state index in [2.05, 4.69) is 9.47 Å². The Morgan fingerprint density at radius 3 is 1.65 bits per heavy atom. The first-order valence-corrected chi connectivity index (χ1v) is 5.26. The Morgan fingerprint density at radius 1 is 1.00 bits per heavy atom. The molecule has 0 radical (unpaired) electrons. The zero-order chi connectivity index (χ0) is 13.5. The van der Waals surface area contributed by atoms with Gasteiger partial charge in [0.05, 0.1) is 14.2 Å². The molecule has 0 saturated carbocycles. The van der Waals surface area contributed by atoms with Gasteiger partial charge in [0.25, 0.3) is 0 Å². The van der Waals surface area contributed by atoms with Crippen LogP contribution in [0.1, 0.15) is 19.8 Å². The largest absolute Gasteiger partial charge is 0.468 e. The summed E-state index contributed by atoms with van der Waals surface area (Å²) in [5.41, 5.74) is 0. The van der Waals surface area contributed by atoms with Crippen LogP contribution in [0.4, 0.5) is 0 Å². The van der Waals surface area contributed by atoms with Crippen molar-refractivity contribution in [3.05, 3.63) is 0 Å². The lowest BCUT2D eigenvalue weighted by Crippen LogP contribution is -2.40. The van der Waals surface area contributed by atoms with Crippen molar-refractivity contribution in [1.29, 1.82) is 0 Å². The molecule has 6 heteroatoms. The molecule has 0 unspecified atom stereocenters.